The number of hydrogen-bond donors (Lipinski definition) is 1. The van der Waals surface area contributed by atoms with Crippen molar-refractivity contribution in [2.75, 3.05) is 7.11 Å². The lowest BCUT2D eigenvalue weighted by Crippen LogP contribution is -2.14. The van der Waals surface area contributed by atoms with Gasteiger partial charge in [0.1, 0.15) is 5.75 Å². The van der Waals surface area contributed by atoms with Crippen molar-refractivity contribution >= 4 is 5.97 Å². The Kier molecular flexibility index (Phi) is 4.57. The summed E-state index contributed by atoms with van der Waals surface area (Å²) in [6.07, 6.45) is 0.331. The van der Waals surface area contributed by atoms with Crippen molar-refractivity contribution in [1.29, 1.82) is 5.26 Å². The normalized spacial score (nSPS) is 11.4. The van der Waals surface area contributed by atoms with E-state index in [1.165, 1.54) is 0 Å². The molecule has 0 amide bonds. The quantitative estimate of drug-likeness (QED) is 0.914. The number of nitrogens with zero attached hydrogens (tertiary/aromatic N) is 1. The second kappa shape index (κ2) is 6.58. The highest BCUT2D eigenvalue weighted by Crippen LogP contribution is 2.25. The van der Waals surface area contributed by atoms with Crippen LogP contribution >= 0.6 is 0 Å². The standard InChI is InChI=1S/C17H15NO3/c1-21-15-7-3-6-14(10-15)16(17(19)20)9-12-4-2-5-13(8-12)11-18/h2-8,10,16H,9H2,1H3,(H,19,20). The first-order valence-corrected chi connectivity index (χ1v) is 6.50. The molecule has 0 fully saturated rings. The molecule has 0 saturated carbocycles. The van der Waals surface area contributed by atoms with Crippen molar-refractivity contribution in [3.8, 4) is 11.8 Å². The van der Waals surface area contributed by atoms with E-state index in [4.69, 9.17) is 10.00 Å². The molecule has 106 valence electrons. The minimum Gasteiger partial charge on any atom is -0.497 e. The van der Waals surface area contributed by atoms with Crippen molar-refractivity contribution in [1.82, 2.24) is 0 Å². The molecule has 0 aliphatic carbocycles. The monoisotopic (exact) mass is 281 g/mol. The van der Waals surface area contributed by atoms with Crippen LogP contribution in [0.1, 0.15) is 22.6 Å². The number of hydrogen-bond acceptors (Lipinski definition) is 3. The predicted molar refractivity (Wildman–Crippen MR) is 78.2 cm³/mol. The van der Waals surface area contributed by atoms with E-state index in [9.17, 15) is 9.90 Å². The van der Waals surface area contributed by atoms with Crippen LogP contribution in [0.2, 0.25) is 0 Å². The van der Waals surface area contributed by atoms with Gasteiger partial charge in [-0.05, 0) is 41.8 Å². The molecule has 2 rings (SSSR count). The number of nitriles is 1. The Bertz CT molecular complexity index is 688. The summed E-state index contributed by atoms with van der Waals surface area (Å²) in [4.78, 5) is 11.6. The summed E-state index contributed by atoms with van der Waals surface area (Å²) in [6.45, 7) is 0. The first-order chi connectivity index (χ1) is 10.1. The van der Waals surface area contributed by atoms with Gasteiger partial charge in [-0.15, -0.1) is 0 Å². The second-order valence-electron chi connectivity index (χ2n) is 4.68. The van der Waals surface area contributed by atoms with E-state index < -0.39 is 11.9 Å². The van der Waals surface area contributed by atoms with E-state index in [-0.39, 0.29) is 0 Å². The van der Waals surface area contributed by atoms with E-state index in [2.05, 4.69) is 6.07 Å². The lowest BCUT2D eigenvalue weighted by atomic mass is 9.91. The largest absolute Gasteiger partial charge is 0.497 e. The molecular weight excluding hydrogens is 266 g/mol. The molecule has 4 heteroatoms. The number of benzene rings is 2. The van der Waals surface area contributed by atoms with Gasteiger partial charge in [0, 0.05) is 0 Å². The van der Waals surface area contributed by atoms with Gasteiger partial charge in [-0.3, -0.25) is 4.79 Å². The number of carbonyl (C=O) groups is 1. The van der Waals surface area contributed by atoms with Crippen molar-refractivity contribution in [3.05, 3.63) is 65.2 Å². The average molecular weight is 281 g/mol. The van der Waals surface area contributed by atoms with Crippen molar-refractivity contribution < 1.29 is 14.6 Å². The van der Waals surface area contributed by atoms with Gasteiger partial charge < -0.3 is 9.84 Å². The summed E-state index contributed by atoms with van der Waals surface area (Å²) in [5.74, 6) is -0.941. The number of rotatable bonds is 5. The van der Waals surface area contributed by atoms with E-state index in [1.54, 1.807) is 49.6 Å². The highest BCUT2D eigenvalue weighted by Gasteiger charge is 2.21. The summed E-state index contributed by atoms with van der Waals surface area (Å²) in [7, 11) is 1.55. The molecule has 0 bridgehead atoms. The molecule has 4 nitrogen and oxygen atoms in total. The lowest BCUT2D eigenvalue weighted by Gasteiger charge is -2.14. The molecule has 0 spiro atoms. The Morgan fingerprint density at radius 3 is 2.71 bits per heavy atom. The molecule has 0 saturated heterocycles. The van der Waals surface area contributed by atoms with Gasteiger partial charge in [-0.25, -0.2) is 0 Å². The van der Waals surface area contributed by atoms with Gasteiger partial charge in [-0.1, -0.05) is 24.3 Å². The topological polar surface area (TPSA) is 70.3 Å². The van der Waals surface area contributed by atoms with Gasteiger partial charge in [-0.2, -0.15) is 5.26 Å². The zero-order valence-electron chi connectivity index (χ0n) is 11.6. The number of carboxylic acid groups (broad SMARTS) is 1. The molecule has 2 aromatic rings. The highest BCUT2D eigenvalue weighted by molar-refractivity contribution is 5.76. The predicted octanol–water partition coefficient (Wildman–Crippen LogP) is 2.98. The smallest absolute Gasteiger partial charge is 0.311 e. The van der Waals surface area contributed by atoms with Crippen molar-refractivity contribution in [3.63, 3.8) is 0 Å². The zero-order valence-corrected chi connectivity index (χ0v) is 11.6. The summed E-state index contributed by atoms with van der Waals surface area (Å²) in [5.41, 5.74) is 2.04. The molecule has 0 aliphatic rings. The Hall–Kier alpha value is -2.80. The van der Waals surface area contributed by atoms with Crippen LogP contribution in [0, 0.1) is 11.3 Å². The summed E-state index contributed by atoms with van der Waals surface area (Å²) in [6, 6.07) is 16.1. The maximum atomic E-state index is 11.6. The highest BCUT2D eigenvalue weighted by atomic mass is 16.5. The van der Waals surface area contributed by atoms with Gasteiger partial charge in [0.2, 0.25) is 0 Å². The second-order valence-corrected chi connectivity index (χ2v) is 4.68. The number of methoxy groups -OCH3 is 1. The Balaban J connectivity index is 2.31. The lowest BCUT2D eigenvalue weighted by molar-refractivity contribution is -0.138. The third-order valence-corrected chi connectivity index (χ3v) is 3.29. The van der Waals surface area contributed by atoms with Crippen LogP contribution in [0.3, 0.4) is 0 Å². The van der Waals surface area contributed by atoms with E-state index in [0.717, 1.165) is 5.56 Å². The number of carboxylic acids is 1. The number of aliphatic carboxylic acids is 1. The van der Waals surface area contributed by atoms with Crippen LogP contribution in [-0.4, -0.2) is 18.2 Å². The van der Waals surface area contributed by atoms with E-state index in [1.807, 2.05) is 6.07 Å². The minimum atomic E-state index is -0.898. The molecule has 0 aliphatic heterocycles. The third-order valence-electron chi connectivity index (χ3n) is 3.29. The maximum Gasteiger partial charge on any atom is 0.311 e. The van der Waals surface area contributed by atoms with Crippen molar-refractivity contribution in [2.24, 2.45) is 0 Å². The SMILES string of the molecule is COc1cccc(C(Cc2cccc(C#N)c2)C(=O)O)c1. The Labute approximate surface area is 123 Å². The van der Waals surface area contributed by atoms with Crippen LogP contribution in [0.25, 0.3) is 0 Å². The van der Waals surface area contributed by atoms with Gasteiger partial charge in [0.05, 0.1) is 24.7 Å². The van der Waals surface area contributed by atoms with Crippen molar-refractivity contribution in [2.45, 2.75) is 12.3 Å². The van der Waals surface area contributed by atoms with Gasteiger partial charge in [0.25, 0.3) is 0 Å². The van der Waals surface area contributed by atoms with Crippen LogP contribution in [0.15, 0.2) is 48.5 Å². The van der Waals surface area contributed by atoms with E-state index >= 15 is 0 Å². The molecule has 1 unspecified atom stereocenters. The first-order valence-electron chi connectivity index (χ1n) is 6.50. The molecule has 1 N–H and O–H groups in total. The summed E-state index contributed by atoms with van der Waals surface area (Å²) in [5, 5.41) is 18.4. The average Bonchev–Trinajstić information content (AvgIpc) is 2.52. The molecule has 1 atom stereocenters. The third kappa shape index (κ3) is 3.61. The van der Waals surface area contributed by atoms with Crippen LogP contribution < -0.4 is 4.74 Å². The van der Waals surface area contributed by atoms with E-state index in [0.29, 0.717) is 23.3 Å². The van der Waals surface area contributed by atoms with Crippen LogP contribution in [-0.2, 0) is 11.2 Å². The Morgan fingerprint density at radius 2 is 2.05 bits per heavy atom. The van der Waals surface area contributed by atoms with Crippen LogP contribution in [0.4, 0.5) is 0 Å². The molecular formula is C17H15NO3. The summed E-state index contributed by atoms with van der Waals surface area (Å²) < 4.78 is 5.14. The first kappa shape index (κ1) is 14.6. The fraction of sp³-hybridized carbons (Fsp3) is 0.176. The Morgan fingerprint density at radius 1 is 1.29 bits per heavy atom. The van der Waals surface area contributed by atoms with Gasteiger partial charge in [0.15, 0.2) is 0 Å². The zero-order chi connectivity index (χ0) is 15.2. The number of ether oxygens (including phenoxy) is 1. The molecule has 2 aromatic carbocycles. The maximum absolute atomic E-state index is 11.6. The molecule has 21 heavy (non-hydrogen) atoms. The minimum absolute atomic E-state index is 0.331. The molecule has 0 aromatic heterocycles. The molecule has 0 radical (unpaired) electrons. The van der Waals surface area contributed by atoms with Gasteiger partial charge >= 0.3 is 5.97 Å². The molecule has 0 heterocycles. The fourth-order valence-electron chi connectivity index (χ4n) is 2.21. The fourth-order valence-corrected chi connectivity index (χ4v) is 2.21. The summed E-state index contributed by atoms with van der Waals surface area (Å²) >= 11 is 0. The van der Waals surface area contributed by atoms with Crippen LogP contribution in [0.5, 0.6) is 5.75 Å².